The number of carbonyl (C=O) groups is 2. The van der Waals surface area contributed by atoms with E-state index in [1.54, 1.807) is 25.2 Å². The molecule has 1 atom stereocenters. The van der Waals surface area contributed by atoms with Crippen LogP contribution in [0.2, 0.25) is 5.02 Å². The van der Waals surface area contributed by atoms with Gasteiger partial charge >= 0.3 is 0 Å². The van der Waals surface area contributed by atoms with Crippen molar-refractivity contribution < 1.29 is 18.7 Å². The Morgan fingerprint density at radius 1 is 1.32 bits per heavy atom. The van der Waals surface area contributed by atoms with E-state index >= 15 is 0 Å². The van der Waals surface area contributed by atoms with Gasteiger partial charge in [-0.25, -0.2) is 9.38 Å². The van der Waals surface area contributed by atoms with Crippen molar-refractivity contribution in [2.45, 2.75) is 11.7 Å². The van der Waals surface area contributed by atoms with E-state index in [9.17, 15) is 14.0 Å². The number of rotatable bonds is 5. The number of benzene rings is 2. The Morgan fingerprint density at radius 3 is 2.71 bits per heavy atom. The van der Waals surface area contributed by atoms with E-state index in [4.69, 9.17) is 16.3 Å². The average molecular weight is 422 g/mol. The third-order valence-electron chi connectivity index (χ3n) is 4.00. The standard InChI is InChI=1S/C19H17ClFN3O3S/c1-24-18(26)16(28-19(24)22-13-6-4-12(21)5-7-13)10-17(25)23-14-9-11(20)3-8-15(14)27-2/h3-9,16H,10H2,1-2H3,(H,23,25)/t16-/m1/s1. The Balaban J connectivity index is 1.69. The van der Waals surface area contributed by atoms with Gasteiger partial charge in [-0.3, -0.25) is 14.5 Å². The highest BCUT2D eigenvalue weighted by atomic mass is 35.5. The van der Waals surface area contributed by atoms with E-state index in [0.717, 1.165) is 0 Å². The van der Waals surface area contributed by atoms with Crippen molar-refractivity contribution in [2.24, 2.45) is 4.99 Å². The number of nitrogens with zero attached hydrogens (tertiary/aromatic N) is 2. The lowest BCUT2D eigenvalue weighted by atomic mass is 10.2. The SMILES string of the molecule is COc1ccc(Cl)cc1NC(=O)C[C@H]1SC(=Nc2ccc(F)cc2)N(C)C1=O. The molecule has 1 heterocycles. The summed E-state index contributed by atoms with van der Waals surface area (Å²) in [5.41, 5.74) is 0.960. The molecule has 1 aliphatic rings. The fourth-order valence-corrected chi connectivity index (χ4v) is 3.90. The van der Waals surface area contributed by atoms with Crippen LogP contribution in [0.1, 0.15) is 6.42 Å². The van der Waals surface area contributed by atoms with Gasteiger partial charge in [0, 0.05) is 18.5 Å². The maximum absolute atomic E-state index is 13.0. The minimum Gasteiger partial charge on any atom is -0.495 e. The monoisotopic (exact) mass is 421 g/mol. The Bertz CT molecular complexity index is 937. The van der Waals surface area contributed by atoms with Gasteiger partial charge in [-0.05, 0) is 42.5 Å². The van der Waals surface area contributed by atoms with Crippen LogP contribution in [0, 0.1) is 5.82 Å². The van der Waals surface area contributed by atoms with Gasteiger partial charge in [0.15, 0.2) is 5.17 Å². The molecule has 2 aromatic rings. The number of hydrogen-bond donors (Lipinski definition) is 1. The zero-order chi connectivity index (χ0) is 20.3. The van der Waals surface area contributed by atoms with Crippen molar-refractivity contribution in [3.8, 4) is 5.75 Å². The predicted molar refractivity (Wildman–Crippen MR) is 109 cm³/mol. The van der Waals surface area contributed by atoms with E-state index in [1.807, 2.05) is 0 Å². The lowest BCUT2D eigenvalue weighted by Crippen LogP contribution is -2.30. The summed E-state index contributed by atoms with van der Waals surface area (Å²) in [5.74, 6) is -0.459. The first-order valence-corrected chi connectivity index (χ1v) is 9.55. The number of hydrogen-bond acceptors (Lipinski definition) is 5. The zero-order valence-corrected chi connectivity index (χ0v) is 16.7. The molecule has 1 aliphatic heterocycles. The van der Waals surface area contributed by atoms with Crippen LogP contribution >= 0.6 is 23.4 Å². The number of amides is 2. The molecule has 0 aliphatic carbocycles. The Morgan fingerprint density at radius 2 is 2.04 bits per heavy atom. The van der Waals surface area contributed by atoms with Gasteiger partial charge in [0.05, 0.1) is 18.5 Å². The number of carbonyl (C=O) groups excluding carboxylic acids is 2. The van der Waals surface area contributed by atoms with E-state index in [2.05, 4.69) is 10.3 Å². The third kappa shape index (κ3) is 4.63. The van der Waals surface area contributed by atoms with E-state index < -0.39 is 5.25 Å². The smallest absolute Gasteiger partial charge is 0.242 e. The molecule has 0 unspecified atom stereocenters. The van der Waals surface area contributed by atoms with Crippen LogP contribution in [-0.4, -0.2) is 41.3 Å². The molecule has 9 heteroatoms. The van der Waals surface area contributed by atoms with Crippen molar-refractivity contribution >= 4 is 51.7 Å². The van der Waals surface area contributed by atoms with Crippen LogP contribution in [0.3, 0.4) is 0 Å². The molecule has 3 rings (SSSR count). The molecule has 1 N–H and O–H groups in total. The van der Waals surface area contributed by atoms with Gasteiger partial charge < -0.3 is 10.1 Å². The van der Waals surface area contributed by atoms with Crippen molar-refractivity contribution in [2.75, 3.05) is 19.5 Å². The number of nitrogens with one attached hydrogen (secondary N) is 1. The Hall–Kier alpha value is -2.58. The molecule has 0 bridgehead atoms. The summed E-state index contributed by atoms with van der Waals surface area (Å²) in [4.78, 5) is 30.6. The normalized spacial score (nSPS) is 17.9. The van der Waals surface area contributed by atoms with Gasteiger partial charge in [-0.1, -0.05) is 23.4 Å². The molecule has 0 aromatic heterocycles. The number of methoxy groups -OCH3 is 1. The highest BCUT2D eigenvalue weighted by Crippen LogP contribution is 2.32. The average Bonchev–Trinajstić information content (AvgIpc) is 2.91. The van der Waals surface area contributed by atoms with Crippen molar-refractivity contribution in [3.63, 3.8) is 0 Å². The number of halogens is 2. The highest BCUT2D eigenvalue weighted by Gasteiger charge is 2.37. The van der Waals surface area contributed by atoms with E-state index in [0.29, 0.717) is 27.3 Å². The molecule has 0 saturated carbocycles. The van der Waals surface area contributed by atoms with Crippen LogP contribution in [0.15, 0.2) is 47.5 Å². The molecule has 1 fully saturated rings. The maximum Gasteiger partial charge on any atom is 0.242 e. The maximum atomic E-state index is 13.0. The Labute approximate surface area is 170 Å². The quantitative estimate of drug-likeness (QED) is 0.789. The van der Waals surface area contributed by atoms with Crippen LogP contribution < -0.4 is 10.1 Å². The third-order valence-corrected chi connectivity index (χ3v) is 5.46. The van der Waals surface area contributed by atoms with Crippen molar-refractivity contribution in [3.05, 3.63) is 53.3 Å². The molecule has 28 heavy (non-hydrogen) atoms. The predicted octanol–water partition coefficient (Wildman–Crippen LogP) is 4.08. The summed E-state index contributed by atoms with van der Waals surface area (Å²) in [5, 5.41) is 3.03. The summed E-state index contributed by atoms with van der Waals surface area (Å²) < 4.78 is 18.2. The molecule has 146 valence electrons. The molecular formula is C19H17ClFN3O3S. The number of thioether (sulfide) groups is 1. The number of ether oxygens (including phenoxy) is 1. The minimum absolute atomic E-state index is 0.0358. The van der Waals surface area contributed by atoms with Crippen LogP contribution in [-0.2, 0) is 9.59 Å². The van der Waals surface area contributed by atoms with Gasteiger partial charge in [0.25, 0.3) is 0 Å². The lowest BCUT2D eigenvalue weighted by Gasteiger charge is -2.12. The van der Waals surface area contributed by atoms with Crippen molar-refractivity contribution in [1.29, 1.82) is 0 Å². The summed E-state index contributed by atoms with van der Waals surface area (Å²) in [6.45, 7) is 0. The molecule has 2 amide bonds. The highest BCUT2D eigenvalue weighted by molar-refractivity contribution is 8.15. The molecule has 0 spiro atoms. The second-order valence-electron chi connectivity index (χ2n) is 5.97. The van der Waals surface area contributed by atoms with Crippen LogP contribution in [0.25, 0.3) is 0 Å². The largest absolute Gasteiger partial charge is 0.495 e. The molecule has 0 radical (unpaired) electrons. The number of anilines is 1. The zero-order valence-electron chi connectivity index (χ0n) is 15.1. The van der Waals surface area contributed by atoms with Crippen LogP contribution in [0.5, 0.6) is 5.75 Å². The summed E-state index contributed by atoms with van der Waals surface area (Å²) in [6, 6.07) is 10.5. The fraction of sp³-hybridized carbons (Fsp3) is 0.211. The van der Waals surface area contributed by atoms with Gasteiger partial charge in [0.1, 0.15) is 16.8 Å². The first-order valence-electron chi connectivity index (χ1n) is 8.29. The lowest BCUT2D eigenvalue weighted by molar-refractivity contribution is -0.127. The first-order chi connectivity index (χ1) is 13.4. The summed E-state index contributed by atoms with van der Waals surface area (Å²) >= 11 is 7.16. The molecule has 6 nitrogen and oxygen atoms in total. The Kier molecular flexibility index (Phi) is 6.21. The first kappa shape index (κ1) is 20.2. The molecule has 2 aromatic carbocycles. The van der Waals surface area contributed by atoms with E-state index in [-0.39, 0.29) is 24.1 Å². The van der Waals surface area contributed by atoms with Gasteiger partial charge in [0.2, 0.25) is 11.8 Å². The molecule has 1 saturated heterocycles. The fourth-order valence-electron chi connectivity index (χ4n) is 2.57. The second kappa shape index (κ2) is 8.62. The summed E-state index contributed by atoms with van der Waals surface area (Å²) in [7, 11) is 3.08. The minimum atomic E-state index is -0.602. The summed E-state index contributed by atoms with van der Waals surface area (Å²) in [6.07, 6.45) is -0.0358. The van der Waals surface area contributed by atoms with Gasteiger partial charge in [-0.15, -0.1) is 0 Å². The van der Waals surface area contributed by atoms with Crippen LogP contribution in [0.4, 0.5) is 15.8 Å². The van der Waals surface area contributed by atoms with Crippen molar-refractivity contribution in [1.82, 2.24) is 4.90 Å². The second-order valence-corrected chi connectivity index (χ2v) is 7.58. The van der Waals surface area contributed by atoms with Gasteiger partial charge in [-0.2, -0.15) is 0 Å². The topological polar surface area (TPSA) is 71.0 Å². The van der Waals surface area contributed by atoms with E-state index in [1.165, 1.54) is 48.0 Å². The molecular weight excluding hydrogens is 405 g/mol. The number of aliphatic imine (C=N–C) groups is 1. The number of amidine groups is 1.